The van der Waals surface area contributed by atoms with E-state index < -0.39 is 0 Å². The molecule has 0 aliphatic carbocycles. The molecule has 2 aliphatic heterocycles. The van der Waals surface area contributed by atoms with Crippen molar-refractivity contribution in [3.63, 3.8) is 0 Å². The number of hydrogen-bond acceptors (Lipinski definition) is 5. The van der Waals surface area contributed by atoms with Gasteiger partial charge in [0.25, 0.3) is 0 Å². The van der Waals surface area contributed by atoms with E-state index in [1.807, 2.05) is 19.1 Å². The molecule has 37 heavy (non-hydrogen) atoms. The number of nitrogens with one attached hydrogen (secondary N) is 1. The van der Waals surface area contributed by atoms with Gasteiger partial charge in [-0.3, -0.25) is 4.79 Å². The molecule has 3 aromatic rings. The Balaban J connectivity index is 1.38. The van der Waals surface area contributed by atoms with E-state index in [0.29, 0.717) is 6.42 Å². The van der Waals surface area contributed by atoms with Crippen LogP contribution in [0.2, 0.25) is 0 Å². The SMILES string of the molecule is Cc1ccc(C(NC(=O)Cc2cccc(N3CCN(C)CC3)c2)c2ccc(C)o2)c(N2CCCCC2)c1. The van der Waals surface area contributed by atoms with Crippen LogP contribution in [-0.2, 0) is 11.2 Å². The number of benzene rings is 2. The van der Waals surface area contributed by atoms with Crippen molar-refractivity contribution in [1.82, 2.24) is 10.2 Å². The first-order valence-corrected chi connectivity index (χ1v) is 13.7. The zero-order valence-electron chi connectivity index (χ0n) is 22.5. The van der Waals surface area contributed by atoms with Crippen molar-refractivity contribution in [1.29, 1.82) is 0 Å². The minimum atomic E-state index is -0.334. The lowest BCUT2D eigenvalue weighted by Crippen LogP contribution is -2.44. The molecular weight excluding hydrogens is 460 g/mol. The zero-order chi connectivity index (χ0) is 25.8. The number of hydrogen-bond donors (Lipinski definition) is 1. The summed E-state index contributed by atoms with van der Waals surface area (Å²) in [6, 6.07) is 18.6. The number of piperazine rings is 1. The van der Waals surface area contributed by atoms with Crippen molar-refractivity contribution in [2.24, 2.45) is 0 Å². The molecule has 2 saturated heterocycles. The lowest BCUT2D eigenvalue weighted by molar-refractivity contribution is -0.121. The van der Waals surface area contributed by atoms with Crippen LogP contribution in [0.25, 0.3) is 0 Å². The molecule has 1 amide bonds. The molecule has 6 nitrogen and oxygen atoms in total. The van der Waals surface area contributed by atoms with E-state index >= 15 is 0 Å². The van der Waals surface area contributed by atoms with E-state index in [1.54, 1.807) is 0 Å². The molecule has 3 heterocycles. The largest absolute Gasteiger partial charge is 0.464 e. The number of furan rings is 1. The quantitative estimate of drug-likeness (QED) is 0.490. The predicted molar refractivity (Wildman–Crippen MR) is 151 cm³/mol. The Morgan fingerprint density at radius 1 is 0.892 bits per heavy atom. The van der Waals surface area contributed by atoms with E-state index in [4.69, 9.17) is 4.42 Å². The van der Waals surface area contributed by atoms with E-state index in [2.05, 4.69) is 76.5 Å². The number of piperidine rings is 1. The van der Waals surface area contributed by atoms with Gasteiger partial charge in [-0.2, -0.15) is 0 Å². The average molecular weight is 501 g/mol. The first kappa shape index (κ1) is 25.4. The number of aryl methyl sites for hydroxylation is 2. The van der Waals surface area contributed by atoms with Gasteiger partial charge in [0.05, 0.1) is 6.42 Å². The summed E-state index contributed by atoms with van der Waals surface area (Å²) in [7, 11) is 2.17. The molecule has 0 spiro atoms. The Bertz CT molecular complexity index is 1210. The highest BCUT2D eigenvalue weighted by molar-refractivity contribution is 5.80. The van der Waals surface area contributed by atoms with Crippen LogP contribution in [-0.4, -0.2) is 57.1 Å². The van der Waals surface area contributed by atoms with Gasteiger partial charge in [-0.25, -0.2) is 0 Å². The lowest BCUT2D eigenvalue weighted by Gasteiger charge is -2.34. The molecule has 1 atom stereocenters. The van der Waals surface area contributed by atoms with Crippen molar-refractivity contribution in [2.45, 2.75) is 45.6 Å². The average Bonchev–Trinajstić information content (AvgIpc) is 3.34. The van der Waals surface area contributed by atoms with Gasteiger partial charge in [-0.15, -0.1) is 0 Å². The third-order valence-electron chi connectivity index (χ3n) is 7.69. The smallest absolute Gasteiger partial charge is 0.225 e. The van der Waals surface area contributed by atoms with Gasteiger partial charge in [0, 0.05) is 56.2 Å². The highest BCUT2D eigenvalue weighted by atomic mass is 16.3. The highest BCUT2D eigenvalue weighted by Gasteiger charge is 2.26. The van der Waals surface area contributed by atoms with Gasteiger partial charge in [-0.05, 0) is 81.6 Å². The molecule has 0 bridgehead atoms. The van der Waals surface area contributed by atoms with Gasteiger partial charge in [0.2, 0.25) is 5.91 Å². The van der Waals surface area contributed by atoms with E-state index in [-0.39, 0.29) is 11.9 Å². The fraction of sp³-hybridized carbons (Fsp3) is 0.452. The highest BCUT2D eigenvalue weighted by Crippen LogP contribution is 2.34. The summed E-state index contributed by atoms with van der Waals surface area (Å²) < 4.78 is 6.09. The van der Waals surface area contributed by atoms with Crippen molar-refractivity contribution in [3.05, 3.63) is 82.8 Å². The van der Waals surface area contributed by atoms with E-state index in [0.717, 1.165) is 61.9 Å². The van der Waals surface area contributed by atoms with Crippen LogP contribution in [0.1, 0.15) is 53.5 Å². The molecule has 1 aromatic heterocycles. The van der Waals surface area contributed by atoms with Crippen molar-refractivity contribution in [3.8, 4) is 0 Å². The number of rotatable bonds is 7. The van der Waals surface area contributed by atoms with Crippen LogP contribution >= 0.6 is 0 Å². The van der Waals surface area contributed by atoms with Gasteiger partial charge in [0.1, 0.15) is 17.6 Å². The standard InChI is InChI=1S/C31H40N4O2/c1-23-10-12-27(28(20-23)35-14-5-4-6-15-35)31(29-13-11-24(2)37-29)32-30(36)22-25-8-7-9-26(21-25)34-18-16-33(3)17-19-34/h7-13,20-21,31H,4-6,14-19,22H2,1-3H3,(H,32,36). The van der Waals surface area contributed by atoms with Gasteiger partial charge >= 0.3 is 0 Å². The first-order chi connectivity index (χ1) is 18.0. The molecule has 0 saturated carbocycles. The second-order valence-electron chi connectivity index (χ2n) is 10.7. The Hall–Kier alpha value is -3.25. The topological polar surface area (TPSA) is 52.0 Å². The van der Waals surface area contributed by atoms with Crippen LogP contribution in [0.5, 0.6) is 0 Å². The van der Waals surface area contributed by atoms with Gasteiger partial charge in [0.15, 0.2) is 0 Å². The number of nitrogens with zero attached hydrogens (tertiary/aromatic N) is 3. The summed E-state index contributed by atoms with van der Waals surface area (Å²) in [5.41, 5.74) is 5.76. The monoisotopic (exact) mass is 500 g/mol. The summed E-state index contributed by atoms with van der Waals surface area (Å²) in [6.07, 6.45) is 4.02. The van der Waals surface area contributed by atoms with Crippen molar-refractivity contribution in [2.75, 3.05) is 56.1 Å². The fourth-order valence-electron chi connectivity index (χ4n) is 5.54. The van der Waals surface area contributed by atoms with Gasteiger partial charge in [-0.1, -0.05) is 24.3 Å². The summed E-state index contributed by atoms with van der Waals surface area (Å²) in [4.78, 5) is 20.7. The summed E-state index contributed by atoms with van der Waals surface area (Å²) in [5.74, 6) is 1.62. The number of anilines is 2. The third kappa shape index (κ3) is 6.19. The molecule has 2 aliphatic rings. The molecule has 1 unspecified atom stereocenters. The number of carbonyl (C=O) groups excluding carboxylic acids is 1. The van der Waals surface area contributed by atoms with Crippen LogP contribution < -0.4 is 15.1 Å². The number of carbonyl (C=O) groups is 1. The normalized spacial score (nSPS) is 17.6. The van der Waals surface area contributed by atoms with E-state index in [9.17, 15) is 4.79 Å². The second-order valence-corrected chi connectivity index (χ2v) is 10.7. The molecule has 2 fully saturated rings. The van der Waals surface area contributed by atoms with Crippen LogP contribution in [0, 0.1) is 13.8 Å². The second kappa shape index (κ2) is 11.4. The van der Waals surface area contributed by atoms with Crippen LogP contribution in [0.4, 0.5) is 11.4 Å². The maximum atomic E-state index is 13.5. The molecular formula is C31H40N4O2. The molecule has 5 rings (SSSR count). The summed E-state index contributed by atoms with van der Waals surface area (Å²) in [6.45, 7) is 10.3. The fourth-order valence-corrected chi connectivity index (χ4v) is 5.54. The summed E-state index contributed by atoms with van der Waals surface area (Å²) >= 11 is 0. The van der Waals surface area contributed by atoms with Crippen LogP contribution in [0.15, 0.2) is 59.0 Å². The maximum Gasteiger partial charge on any atom is 0.225 e. The molecule has 196 valence electrons. The molecule has 6 heteroatoms. The Morgan fingerprint density at radius 3 is 2.41 bits per heavy atom. The molecule has 0 radical (unpaired) electrons. The van der Waals surface area contributed by atoms with Crippen molar-refractivity contribution >= 4 is 17.3 Å². The zero-order valence-corrected chi connectivity index (χ0v) is 22.5. The van der Waals surface area contributed by atoms with Gasteiger partial charge < -0.3 is 24.4 Å². The molecule has 1 N–H and O–H groups in total. The maximum absolute atomic E-state index is 13.5. The Morgan fingerprint density at radius 2 is 1.68 bits per heavy atom. The minimum Gasteiger partial charge on any atom is -0.464 e. The Labute approximate surface area is 221 Å². The number of amides is 1. The minimum absolute atomic E-state index is 0.000232. The predicted octanol–water partition coefficient (Wildman–Crippen LogP) is 5.09. The number of likely N-dealkylation sites (N-methyl/N-ethyl adjacent to an activating group) is 1. The first-order valence-electron chi connectivity index (χ1n) is 13.7. The Kier molecular flexibility index (Phi) is 7.85. The third-order valence-corrected chi connectivity index (χ3v) is 7.69. The van der Waals surface area contributed by atoms with Crippen molar-refractivity contribution < 1.29 is 9.21 Å². The van der Waals surface area contributed by atoms with Crippen LogP contribution in [0.3, 0.4) is 0 Å². The summed E-state index contributed by atoms with van der Waals surface area (Å²) in [5, 5.41) is 3.34. The molecule has 2 aromatic carbocycles. The van der Waals surface area contributed by atoms with E-state index in [1.165, 1.54) is 36.2 Å². The lowest BCUT2D eigenvalue weighted by atomic mass is 9.97.